The lowest BCUT2D eigenvalue weighted by atomic mass is 10.3. The van der Waals surface area contributed by atoms with Crippen molar-refractivity contribution in [2.45, 2.75) is 0 Å². The van der Waals surface area contributed by atoms with Gasteiger partial charge in [-0.25, -0.2) is 9.37 Å². The number of rotatable bonds is 2. The van der Waals surface area contributed by atoms with Crippen molar-refractivity contribution < 1.29 is 9.18 Å². The lowest BCUT2D eigenvalue weighted by Gasteiger charge is -2.05. The highest BCUT2D eigenvalue weighted by Gasteiger charge is 2.12. The van der Waals surface area contributed by atoms with Crippen LogP contribution in [0.15, 0.2) is 18.5 Å². The molecule has 0 spiro atoms. The van der Waals surface area contributed by atoms with Gasteiger partial charge >= 0.3 is 0 Å². The molecule has 17 heavy (non-hydrogen) atoms. The minimum Gasteiger partial charge on any atom is -0.319 e. The Bertz CT molecular complexity index is 535. The van der Waals surface area contributed by atoms with E-state index in [0.29, 0.717) is 0 Å². The molecule has 0 unspecified atom stereocenters. The number of carbonyl (C=O) groups excluding carboxylic acids is 1. The van der Waals surface area contributed by atoms with E-state index < -0.39 is 11.7 Å². The van der Waals surface area contributed by atoms with Crippen molar-refractivity contribution in [3.05, 3.63) is 40.1 Å². The predicted molar refractivity (Wildman–Crippen MR) is 60.8 cm³/mol. The Morgan fingerprint density at radius 2 is 2.00 bits per heavy atom. The maximum atomic E-state index is 13.1. The van der Waals surface area contributed by atoms with Crippen molar-refractivity contribution >= 4 is 34.8 Å². The maximum Gasteiger partial charge on any atom is 0.292 e. The van der Waals surface area contributed by atoms with Gasteiger partial charge in [0.05, 0.1) is 10.0 Å². The summed E-state index contributed by atoms with van der Waals surface area (Å²) in [4.78, 5) is 15.2. The standard InChI is InChI=1S/C9H5Cl2FN4O/c10-5-1-4(2-6(11)7(5)12)15-9(17)8-13-3-14-16-8/h1-3H,(H,15,17)(H,13,14,16). The third-order valence-electron chi connectivity index (χ3n) is 1.87. The van der Waals surface area contributed by atoms with Gasteiger partial charge in [0.25, 0.3) is 5.91 Å². The van der Waals surface area contributed by atoms with Crippen LogP contribution >= 0.6 is 23.2 Å². The van der Waals surface area contributed by atoms with E-state index in [0.717, 1.165) is 0 Å². The van der Waals surface area contributed by atoms with Crippen LogP contribution in [-0.4, -0.2) is 21.1 Å². The first-order valence-corrected chi connectivity index (χ1v) is 5.15. The highest BCUT2D eigenvalue weighted by molar-refractivity contribution is 6.35. The Labute approximate surface area is 105 Å². The first-order chi connectivity index (χ1) is 8.08. The zero-order valence-electron chi connectivity index (χ0n) is 8.17. The fraction of sp³-hybridized carbons (Fsp3) is 0. The highest BCUT2D eigenvalue weighted by Crippen LogP contribution is 2.27. The monoisotopic (exact) mass is 274 g/mol. The van der Waals surface area contributed by atoms with Crippen LogP contribution in [0.25, 0.3) is 0 Å². The van der Waals surface area contributed by atoms with Gasteiger partial charge in [0.1, 0.15) is 6.33 Å². The molecular formula is C9H5Cl2FN4O. The first-order valence-electron chi connectivity index (χ1n) is 4.39. The minimum absolute atomic E-state index is 0.0292. The molecule has 88 valence electrons. The van der Waals surface area contributed by atoms with Crippen molar-refractivity contribution in [3.63, 3.8) is 0 Å². The van der Waals surface area contributed by atoms with E-state index in [4.69, 9.17) is 23.2 Å². The van der Waals surface area contributed by atoms with E-state index in [2.05, 4.69) is 20.5 Å². The summed E-state index contributed by atoms with van der Waals surface area (Å²) in [5, 5.41) is 8.00. The summed E-state index contributed by atoms with van der Waals surface area (Å²) in [5.74, 6) is -1.23. The van der Waals surface area contributed by atoms with Crippen molar-refractivity contribution in [2.24, 2.45) is 0 Å². The molecule has 0 atom stereocenters. The summed E-state index contributed by atoms with van der Waals surface area (Å²) in [6.45, 7) is 0. The normalized spacial score (nSPS) is 10.3. The molecule has 1 aromatic carbocycles. The average Bonchev–Trinajstić information content (AvgIpc) is 2.79. The second-order valence-corrected chi connectivity index (χ2v) is 3.86. The molecule has 8 heteroatoms. The molecule has 0 bridgehead atoms. The highest BCUT2D eigenvalue weighted by atomic mass is 35.5. The van der Waals surface area contributed by atoms with Crippen LogP contribution in [0.4, 0.5) is 10.1 Å². The van der Waals surface area contributed by atoms with Crippen molar-refractivity contribution in [1.29, 1.82) is 0 Å². The summed E-state index contributed by atoms with van der Waals surface area (Å²) in [6, 6.07) is 2.49. The fourth-order valence-corrected chi connectivity index (χ4v) is 1.62. The molecule has 1 aromatic heterocycles. The van der Waals surface area contributed by atoms with E-state index in [1.165, 1.54) is 18.5 Å². The second-order valence-electron chi connectivity index (χ2n) is 3.04. The van der Waals surface area contributed by atoms with Crippen LogP contribution in [0.3, 0.4) is 0 Å². The largest absolute Gasteiger partial charge is 0.319 e. The maximum absolute atomic E-state index is 13.1. The number of benzene rings is 1. The Morgan fingerprint density at radius 3 is 2.53 bits per heavy atom. The molecule has 1 amide bonds. The average molecular weight is 275 g/mol. The van der Waals surface area contributed by atoms with Crippen LogP contribution in [0, 0.1) is 5.82 Å². The molecule has 0 fully saturated rings. The molecule has 0 saturated heterocycles. The number of H-pyrrole nitrogens is 1. The summed E-state index contributed by atoms with van der Waals surface area (Å²) >= 11 is 11.2. The van der Waals surface area contributed by atoms with Crippen molar-refractivity contribution in [2.75, 3.05) is 5.32 Å². The predicted octanol–water partition coefficient (Wildman–Crippen LogP) is 2.50. The summed E-state index contributed by atoms with van der Waals surface area (Å²) in [7, 11) is 0. The molecular weight excluding hydrogens is 270 g/mol. The zero-order chi connectivity index (χ0) is 12.4. The topological polar surface area (TPSA) is 70.7 Å². The van der Waals surface area contributed by atoms with Crippen LogP contribution in [0.5, 0.6) is 0 Å². The van der Waals surface area contributed by atoms with Gasteiger partial charge in [0.2, 0.25) is 5.82 Å². The molecule has 0 aliphatic carbocycles. The molecule has 5 nitrogen and oxygen atoms in total. The second kappa shape index (κ2) is 4.68. The van der Waals surface area contributed by atoms with E-state index in [-0.39, 0.29) is 21.6 Å². The number of amides is 1. The number of nitrogens with one attached hydrogen (secondary N) is 2. The minimum atomic E-state index is -0.731. The van der Waals surface area contributed by atoms with Crippen LogP contribution in [0.1, 0.15) is 10.6 Å². The van der Waals surface area contributed by atoms with E-state index in [1.807, 2.05) is 0 Å². The van der Waals surface area contributed by atoms with Gasteiger partial charge in [0.15, 0.2) is 5.82 Å². The van der Waals surface area contributed by atoms with Crippen molar-refractivity contribution in [3.8, 4) is 0 Å². The lowest BCUT2D eigenvalue weighted by molar-refractivity contribution is 0.101. The third kappa shape index (κ3) is 2.54. The molecule has 0 saturated carbocycles. The smallest absolute Gasteiger partial charge is 0.292 e. The number of aromatic amines is 1. The number of aromatic nitrogens is 3. The number of nitrogens with zero attached hydrogens (tertiary/aromatic N) is 2. The van der Waals surface area contributed by atoms with Gasteiger partial charge in [-0.2, -0.15) is 5.10 Å². The number of carbonyl (C=O) groups is 1. The Kier molecular flexibility index (Phi) is 3.26. The van der Waals surface area contributed by atoms with Crippen LogP contribution in [0.2, 0.25) is 10.0 Å². The molecule has 0 radical (unpaired) electrons. The summed E-state index contributed by atoms with van der Waals surface area (Å²) in [5.41, 5.74) is 0.266. The van der Waals surface area contributed by atoms with E-state index >= 15 is 0 Å². The summed E-state index contributed by atoms with van der Waals surface area (Å²) in [6.07, 6.45) is 1.19. The Morgan fingerprint density at radius 1 is 1.35 bits per heavy atom. The first kappa shape index (κ1) is 11.8. The van der Waals surface area contributed by atoms with Gasteiger partial charge < -0.3 is 5.32 Å². The van der Waals surface area contributed by atoms with E-state index in [9.17, 15) is 9.18 Å². The molecule has 2 aromatic rings. The number of hydrogen-bond acceptors (Lipinski definition) is 3. The van der Waals surface area contributed by atoms with E-state index in [1.54, 1.807) is 0 Å². The molecule has 0 aliphatic heterocycles. The number of halogens is 3. The lowest BCUT2D eigenvalue weighted by Crippen LogP contribution is -2.13. The number of anilines is 1. The Balaban J connectivity index is 2.22. The van der Waals surface area contributed by atoms with Gasteiger partial charge in [-0.05, 0) is 12.1 Å². The third-order valence-corrected chi connectivity index (χ3v) is 2.42. The fourth-order valence-electron chi connectivity index (χ4n) is 1.13. The van der Waals surface area contributed by atoms with Gasteiger partial charge in [-0.15, -0.1) is 0 Å². The van der Waals surface area contributed by atoms with Gasteiger partial charge in [-0.3, -0.25) is 9.89 Å². The van der Waals surface area contributed by atoms with Crippen molar-refractivity contribution in [1.82, 2.24) is 15.2 Å². The van der Waals surface area contributed by atoms with Crippen LogP contribution < -0.4 is 5.32 Å². The molecule has 0 aliphatic rings. The molecule has 2 rings (SSSR count). The molecule has 2 N–H and O–H groups in total. The SMILES string of the molecule is O=C(Nc1cc(Cl)c(F)c(Cl)c1)c1ncn[nH]1. The zero-order valence-corrected chi connectivity index (χ0v) is 9.68. The van der Waals surface area contributed by atoms with Gasteiger partial charge in [-0.1, -0.05) is 23.2 Å². The quantitative estimate of drug-likeness (QED) is 0.827. The molecule has 1 heterocycles. The van der Waals surface area contributed by atoms with Gasteiger partial charge in [0, 0.05) is 5.69 Å². The number of hydrogen-bond donors (Lipinski definition) is 2. The van der Waals surface area contributed by atoms with Crippen LogP contribution in [-0.2, 0) is 0 Å². The summed E-state index contributed by atoms with van der Waals surface area (Å²) < 4.78 is 13.1. The Hall–Kier alpha value is -1.66.